The summed E-state index contributed by atoms with van der Waals surface area (Å²) in [5.41, 5.74) is 7.56. The summed E-state index contributed by atoms with van der Waals surface area (Å²) < 4.78 is 18.8. The zero-order valence-corrected chi connectivity index (χ0v) is 20.3. The van der Waals surface area contributed by atoms with Gasteiger partial charge >= 0.3 is 0 Å². The molecule has 0 spiro atoms. The number of anilines is 3. The molecule has 0 bridgehead atoms. The lowest BCUT2D eigenvalue weighted by Gasteiger charge is -2.33. The number of aromatic nitrogens is 3. The van der Waals surface area contributed by atoms with E-state index in [2.05, 4.69) is 24.6 Å². The molecule has 0 radical (unpaired) electrons. The summed E-state index contributed by atoms with van der Waals surface area (Å²) in [5.74, 6) is 0.109. The van der Waals surface area contributed by atoms with Gasteiger partial charge in [-0.2, -0.15) is 4.37 Å². The van der Waals surface area contributed by atoms with Gasteiger partial charge in [-0.1, -0.05) is 6.07 Å². The van der Waals surface area contributed by atoms with E-state index in [1.807, 2.05) is 19.1 Å². The number of amides is 1. The highest BCUT2D eigenvalue weighted by molar-refractivity contribution is 7.10. The molecule has 5 rings (SSSR count). The van der Waals surface area contributed by atoms with Crippen LogP contribution in [0.4, 0.5) is 21.0 Å². The van der Waals surface area contributed by atoms with Gasteiger partial charge < -0.3 is 16.0 Å². The van der Waals surface area contributed by atoms with Crippen LogP contribution in [0.25, 0.3) is 0 Å². The second-order valence-electron chi connectivity index (χ2n) is 9.34. The largest absolute Gasteiger partial charge is 0.364 e. The first-order valence-electron chi connectivity index (χ1n) is 11.8. The molecule has 3 N–H and O–H groups in total. The van der Waals surface area contributed by atoms with Gasteiger partial charge in [0, 0.05) is 19.5 Å². The fraction of sp³-hybridized carbons (Fsp3) is 0.400. The Morgan fingerprint density at radius 1 is 1.26 bits per heavy atom. The van der Waals surface area contributed by atoms with Crippen LogP contribution >= 0.6 is 11.5 Å². The van der Waals surface area contributed by atoms with E-state index in [9.17, 15) is 14.0 Å². The third-order valence-corrected chi connectivity index (χ3v) is 7.32. The van der Waals surface area contributed by atoms with E-state index >= 15 is 0 Å². The number of halogens is 1. The maximum atomic E-state index is 14.6. The van der Waals surface area contributed by atoms with Gasteiger partial charge in [0.25, 0.3) is 5.91 Å². The van der Waals surface area contributed by atoms with E-state index in [-0.39, 0.29) is 35.2 Å². The molecule has 1 aliphatic carbocycles. The summed E-state index contributed by atoms with van der Waals surface area (Å²) in [6.07, 6.45) is 5.74. The van der Waals surface area contributed by atoms with E-state index < -0.39 is 11.7 Å². The lowest BCUT2D eigenvalue weighted by molar-refractivity contribution is 0.0951. The Labute approximate surface area is 206 Å². The lowest BCUT2D eigenvalue weighted by atomic mass is 9.90. The molecule has 1 atom stereocenters. The molecule has 182 valence electrons. The summed E-state index contributed by atoms with van der Waals surface area (Å²) in [6.45, 7) is 3.22. The predicted octanol–water partition coefficient (Wildman–Crippen LogP) is 4.59. The minimum atomic E-state index is -0.676. The van der Waals surface area contributed by atoms with Crippen molar-refractivity contribution in [1.29, 1.82) is 0 Å². The molecule has 1 amide bonds. The maximum absolute atomic E-state index is 14.6. The number of aryl methyl sites for hydroxylation is 1. The molecule has 1 saturated heterocycles. The number of carbonyl (C=O) groups excluding carboxylic acids is 2. The van der Waals surface area contributed by atoms with Gasteiger partial charge in [0.1, 0.15) is 16.6 Å². The van der Waals surface area contributed by atoms with Gasteiger partial charge in [-0.05, 0) is 79.7 Å². The van der Waals surface area contributed by atoms with Crippen LogP contribution in [0, 0.1) is 18.7 Å². The average molecular weight is 495 g/mol. The van der Waals surface area contributed by atoms with Crippen molar-refractivity contribution in [2.24, 2.45) is 11.7 Å². The summed E-state index contributed by atoms with van der Waals surface area (Å²) in [4.78, 5) is 35.7. The smallest absolute Gasteiger partial charge is 0.271 e. The molecule has 2 aromatic heterocycles. The Kier molecular flexibility index (Phi) is 6.46. The van der Waals surface area contributed by atoms with Crippen molar-refractivity contribution >= 4 is 39.9 Å². The summed E-state index contributed by atoms with van der Waals surface area (Å²) >= 11 is 1.26. The summed E-state index contributed by atoms with van der Waals surface area (Å²) in [7, 11) is 0. The number of nitrogens with one attached hydrogen (secondary N) is 1. The van der Waals surface area contributed by atoms with Gasteiger partial charge in [0.15, 0.2) is 17.3 Å². The van der Waals surface area contributed by atoms with Crippen molar-refractivity contribution in [1.82, 2.24) is 14.3 Å². The minimum Gasteiger partial charge on any atom is -0.364 e. The van der Waals surface area contributed by atoms with Crippen molar-refractivity contribution in [3.8, 4) is 0 Å². The molecule has 2 aliphatic rings. The number of hydrogen-bond acceptors (Lipinski definition) is 8. The SMILES string of the molecule is Cc1cc(Nc2nc(N3CCC[C@@H](CC(=O)c4ccc(C5CC5)cc4F)C3)cnc2C(N)=O)sn1. The first-order valence-corrected chi connectivity index (χ1v) is 12.6. The van der Waals surface area contributed by atoms with Crippen molar-refractivity contribution in [2.45, 2.75) is 44.9 Å². The van der Waals surface area contributed by atoms with Crippen LogP contribution in [0.5, 0.6) is 0 Å². The molecule has 1 saturated carbocycles. The third-order valence-electron chi connectivity index (χ3n) is 6.52. The Morgan fingerprint density at radius 2 is 2.09 bits per heavy atom. The zero-order chi connectivity index (χ0) is 24.5. The standard InChI is InChI=1S/C25H27FN6O2S/c1-14-9-22(35-31-14)30-25-23(24(27)34)28-12-21(29-25)32-8-2-3-15(13-32)10-20(33)18-7-6-17(11-19(18)26)16-4-5-16/h6-7,9,11-12,15-16H,2-5,8,10,13H2,1H3,(H2,27,34)(H,29,30)/t15-/m0/s1. The van der Waals surface area contributed by atoms with E-state index in [4.69, 9.17) is 5.73 Å². The molecule has 3 heterocycles. The van der Waals surface area contributed by atoms with E-state index in [1.54, 1.807) is 6.07 Å². The van der Waals surface area contributed by atoms with Crippen molar-refractivity contribution in [3.05, 3.63) is 58.8 Å². The number of Topliss-reactive ketones (excluding diaryl/α,β-unsaturated/α-hetero) is 1. The number of nitrogens with zero attached hydrogens (tertiary/aromatic N) is 4. The fourth-order valence-electron chi connectivity index (χ4n) is 4.58. The lowest BCUT2D eigenvalue weighted by Crippen LogP contribution is -2.37. The Hall–Kier alpha value is -3.40. The van der Waals surface area contributed by atoms with Crippen LogP contribution in [0.2, 0.25) is 0 Å². The van der Waals surface area contributed by atoms with Crippen molar-refractivity contribution < 1.29 is 14.0 Å². The molecule has 10 heteroatoms. The number of ketones is 1. The Bertz CT molecular complexity index is 1270. The van der Waals surface area contributed by atoms with Crippen LogP contribution in [-0.2, 0) is 0 Å². The average Bonchev–Trinajstić information content (AvgIpc) is 3.61. The minimum absolute atomic E-state index is 0.0497. The summed E-state index contributed by atoms with van der Waals surface area (Å²) in [6, 6.07) is 6.89. The Balaban J connectivity index is 1.29. The normalized spacial score (nSPS) is 17.9. The van der Waals surface area contributed by atoms with Crippen LogP contribution in [-0.4, -0.2) is 39.1 Å². The first-order chi connectivity index (χ1) is 16.9. The molecule has 8 nitrogen and oxygen atoms in total. The highest BCUT2D eigenvalue weighted by atomic mass is 32.1. The zero-order valence-electron chi connectivity index (χ0n) is 19.5. The van der Waals surface area contributed by atoms with E-state index in [1.165, 1.54) is 23.8 Å². The quantitative estimate of drug-likeness (QED) is 0.440. The second kappa shape index (κ2) is 9.69. The van der Waals surface area contributed by atoms with E-state index in [0.717, 1.165) is 48.5 Å². The van der Waals surface area contributed by atoms with Gasteiger partial charge in [0.2, 0.25) is 0 Å². The van der Waals surface area contributed by atoms with Crippen molar-refractivity contribution in [2.75, 3.05) is 23.3 Å². The molecule has 1 aliphatic heterocycles. The van der Waals surface area contributed by atoms with E-state index in [0.29, 0.717) is 18.3 Å². The van der Waals surface area contributed by atoms with Crippen LogP contribution < -0.4 is 16.0 Å². The van der Waals surface area contributed by atoms with Crippen LogP contribution in [0.1, 0.15) is 70.1 Å². The van der Waals surface area contributed by atoms with Crippen LogP contribution in [0.15, 0.2) is 30.5 Å². The molecular weight excluding hydrogens is 467 g/mol. The first kappa shape index (κ1) is 23.3. The van der Waals surface area contributed by atoms with Gasteiger partial charge in [-0.15, -0.1) is 0 Å². The number of nitrogens with two attached hydrogens (primary N) is 1. The van der Waals surface area contributed by atoms with Crippen molar-refractivity contribution in [3.63, 3.8) is 0 Å². The van der Waals surface area contributed by atoms with Gasteiger partial charge in [-0.25, -0.2) is 14.4 Å². The number of benzene rings is 1. The highest BCUT2D eigenvalue weighted by Gasteiger charge is 2.28. The number of piperidine rings is 1. The molecule has 2 fully saturated rings. The molecular formula is C25H27FN6O2S. The topological polar surface area (TPSA) is 114 Å². The monoisotopic (exact) mass is 494 g/mol. The molecule has 35 heavy (non-hydrogen) atoms. The number of hydrogen-bond donors (Lipinski definition) is 2. The number of primary amides is 1. The number of carbonyl (C=O) groups is 2. The summed E-state index contributed by atoms with van der Waals surface area (Å²) in [5, 5.41) is 3.83. The van der Waals surface area contributed by atoms with Crippen LogP contribution in [0.3, 0.4) is 0 Å². The van der Waals surface area contributed by atoms with Gasteiger partial charge in [-0.3, -0.25) is 9.59 Å². The molecule has 0 unspecified atom stereocenters. The second-order valence-corrected chi connectivity index (χ2v) is 10.1. The third kappa shape index (κ3) is 5.32. The molecule has 1 aromatic carbocycles. The predicted molar refractivity (Wildman–Crippen MR) is 133 cm³/mol. The number of rotatable bonds is 8. The van der Waals surface area contributed by atoms with Gasteiger partial charge in [0.05, 0.1) is 17.5 Å². The highest BCUT2D eigenvalue weighted by Crippen LogP contribution is 2.40. The molecule has 3 aromatic rings. The fourth-order valence-corrected chi connectivity index (χ4v) is 5.24. The maximum Gasteiger partial charge on any atom is 0.271 e. The Morgan fingerprint density at radius 3 is 2.77 bits per heavy atom.